The average molecular weight is 443 g/mol. The minimum absolute atomic E-state index is 0.0145. The zero-order valence-corrected chi connectivity index (χ0v) is 17.6. The molecule has 0 unspecified atom stereocenters. The average Bonchev–Trinajstić information content (AvgIpc) is 3.40. The Labute approximate surface area is 177 Å². The van der Waals surface area contributed by atoms with Crippen molar-refractivity contribution in [2.75, 3.05) is 0 Å². The summed E-state index contributed by atoms with van der Waals surface area (Å²) in [6.07, 6.45) is 1.47. The number of benzene rings is 2. The Balaban J connectivity index is 1.48. The summed E-state index contributed by atoms with van der Waals surface area (Å²) in [4.78, 5) is 17.0. The molecule has 2 aromatic heterocycles. The predicted molar refractivity (Wildman–Crippen MR) is 113 cm³/mol. The van der Waals surface area contributed by atoms with E-state index in [9.17, 15) is 13.2 Å². The Morgan fingerprint density at radius 2 is 2.00 bits per heavy atom. The largest absolute Gasteiger partial charge is 0.468 e. The van der Waals surface area contributed by atoms with Gasteiger partial charge in [0.2, 0.25) is 10.0 Å². The van der Waals surface area contributed by atoms with Gasteiger partial charge in [-0.25, -0.2) is 22.9 Å². The first-order chi connectivity index (χ1) is 14.4. The summed E-state index contributed by atoms with van der Waals surface area (Å²) < 4.78 is 39.1. The number of furan rings is 1. The van der Waals surface area contributed by atoms with Crippen molar-refractivity contribution >= 4 is 37.5 Å². The van der Waals surface area contributed by atoms with E-state index in [1.54, 1.807) is 25.1 Å². The number of rotatable bonds is 7. The SMILES string of the molecule is Cc1ccc(S(=O)(=O)NCc2ccco2)cc1C(=O)OCc1nc2ccccc2s1. The second kappa shape index (κ2) is 8.39. The first-order valence-corrected chi connectivity index (χ1v) is 11.4. The van der Waals surface area contributed by atoms with Crippen molar-refractivity contribution in [1.82, 2.24) is 9.71 Å². The number of nitrogens with zero attached hydrogens (tertiary/aromatic N) is 1. The molecule has 7 nitrogen and oxygen atoms in total. The molecule has 0 aliphatic rings. The Morgan fingerprint density at radius 1 is 1.17 bits per heavy atom. The third-order valence-electron chi connectivity index (χ3n) is 4.42. The van der Waals surface area contributed by atoms with Crippen molar-refractivity contribution in [3.8, 4) is 0 Å². The smallest absolute Gasteiger partial charge is 0.338 e. The Morgan fingerprint density at radius 3 is 2.77 bits per heavy atom. The highest BCUT2D eigenvalue weighted by atomic mass is 32.2. The number of ether oxygens (including phenoxy) is 1. The molecule has 4 rings (SSSR count). The number of nitrogens with one attached hydrogen (secondary N) is 1. The molecule has 0 bridgehead atoms. The summed E-state index contributed by atoms with van der Waals surface area (Å²) in [6, 6.07) is 15.4. The molecule has 0 radical (unpaired) electrons. The van der Waals surface area contributed by atoms with Gasteiger partial charge < -0.3 is 9.15 Å². The highest BCUT2D eigenvalue weighted by molar-refractivity contribution is 7.89. The standard InChI is InChI=1S/C21H18N2O5S2/c1-14-8-9-16(30(25,26)22-12-15-5-4-10-27-15)11-17(14)21(24)28-13-20-23-18-6-2-3-7-19(18)29-20/h2-11,22H,12-13H2,1H3. The molecule has 0 saturated carbocycles. The van der Waals surface area contributed by atoms with Gasteiger partial charge in [0, 0.05) is 0 Å². The second-order valence-electron chi connectivity index (χ2n) is 6.53. The van der Waals surface area contributed by atoms with Crippen LogP contribution in [0, 0.1) is 6.92 Å². The lowest BCUT2D eigenvalue weighted by Gasteiger charge is -2.10. The summed E-state index contributed by atoms with van der Waals surface area (Å²) in [6.45, 7) is 1.76. The number of hydrogen-bond donors (Lipinski definition) is 1. The van der Waals surface area contributed by atoms with E-state index in [1.807, 2.05) is 24.3 Å². The van der Waals surface area contributed by atoms with Crippen LogP contribution in [-0.4, -0.2) is 19.4 Å². The molecular formula is C21H18N2O5S2. The lowest BCUT2D eigenvalue weighted by Crippen LogP contribution is -2.23. The molecular weight excluding hydrogens is 424 g/mol. The van der Waals surface area contributed by atoms with E-state index < -0.39 is 16.0 Å². The Kier molecular flexibility index (Phi) is 5.67. The van der Waals surface area contributed by atoms with E-state index in [0.29, 0.717) is 16.3 Å². The van der Waals surface area contributed by atoms with Crippen LogP contribution in [0.3, 0.4) is 0 Å². The zero-order chi connectivity index (χ0) is 21.1. The fourth-order valence-electron chi connectivity index (χ4n) is 2.84. The van der Waals surface area contributed by atoms with Crippen LogP contribution in [0.25, 0.3) is 10.2 Å². The van der Waals surface area contributed by atoms with E-state index in [1.165, 1.54) is 29.7 Å². The summed E-state index contributed by atoms with van der Waals surface area (Å²) in [5.74, 6) is -0.115. The number of aryl methyl sites for hydroxylation is 1. The van der Waals surface area contributed by atoms with Crippen LogP contribution in [0.1, 0.15) is 26.7 Å². The maximum atomic E-state index is 12.6. The number of carbonyl (C=O) groups is 1. The van der Waals surface area contributed by atoms with Gasteiger partial charge in [0.1, 0.15) is 17.4 Å². The van der Waals surface area contributed by atoms with Crippen molar-refractivity contribution in [1.29, 1.82) is 0 Å². The van der Waals surface area contributed by atoms with Gasteiger partial charge in [0.05, 0.1) is 33.5 Å². The van der Waals surface area contributed by atoms with Crippen molar-refractivity contribution < 1.29 is 22.4 Å². The number of aromatic nitrogens is 1. The normalized spacial score (nSPS) is 11.6. The number of esters is 1. The lowest BCUT2D eigenvalue weighted by molar-refractivity contribution is 0.0471. The number of para-hydroxylation sites is 1. The molecule has 0 aliphatic carbocycles. The number of thiazole rings is 1. The molecule has 154 valence electrons. The minimum Gasteiger partial charge on any atom is -0.468 e. The van der Waals surface area contributed by atoms with E-state index in [-0.39, 0.29) is 23.6 Å². The Bertz CT molecular complexity index is 1260. The second-order valence-corrected chi connectivity index (χ2v) is 9.41. The summed E-state index contributed by atoms with van der Waals surface area (Å²) in [7, 11) is -3.82. The number of fused-ring (bicyclic) bond motifs is 1. The Hall–Kier alpha value is -3.01. The van der Waals surface area contributed by atoms with Crippen molar-refractivity contribution in [2.24, 2.45) is 0 Å². The molecule has 0 aliphatic heterocycles. The molecule has 4 aromatic rings. The quantitative estimate of drug-likeness (QED) is 0.434. The maximum absolute atomic E-state index is 12.6. The third kappa shape index (κ3) is 4.43. The van der Waals surface area contributed by atoms with Gasteiger partial charge in [0.25, 0.3) is 0 Å². The first-order valence-electron chi connectivity index (χ1n) is 9.07. The van der Waals surface area contributed by atoms with E-state index in [2.05, 4.69) is 9.71 Å². The minimum atomic E-state index is -3.82. The molecule has 0 amide bonds. The molecule has 1 N–H and O–H groups in total. The lowest BCUT2D eigenvalue weighted by atomic mass is 10.1. The van der Waals surface area contributed by atoms with E-state index >= 15 is 0 Å². The molecule has 0 spiro atoms. The van der Waals surface area contributed by atoms with Gasteiger partial charge in [-0.15, -0.1) is 11.3 Å². The van der Waals surface area contributed by atoms with Crippen LogP contribution < -0.4 is 4.72 Å². The van der Waals surface area contributed by atoms with E-state index in [4.69, 9.17) is 9.15 Å². The van der Waals surface area contributed by atoms with Gasteiger partial charge in [-0.3, -0.25) is 0 Å². The molecule has 9 heteroatoms. The van der Waals surface area contributed by atoms with Crippen LogP contribution in [0.15, 0.2) is 70.2 Å². The number of hydrogen-bond acceptors (Lipinski definition) is 7. The highest BCUT2D eigenvalue weighted by Gasteiger charge is 2.19. The van der Waals surface area contributed by atoms with Gasteiger partial charge in [-0.05, 0) is 48.9 Å². The first kappa shape index (κ1) is 20.3. The van der Waals surface area contributed by atoms with Crippen LogP contribution >= 0.6 is 11.3 Å². The van der Waals surface area contributed by atoms with Crippen molar-refractivity contribution in [3.63, 3.8) is 0 Å². The van der Waals surface area contributed by atoms with Crippen LogP contribution in [0.2, 0.25) is 0 Å². The monoisotopic (exact) mass is 442 g/mol. The summed E-state index contributed by atoms with van der Waals surface area (Å²) in [5.41, 5.74) is 1.66. The molecule has 0 fully saturated rings. The van der Waals surface area contributed by atoms with Crippen molar-refractivity contribution in [3.05, 3.63) is 82.8 Å². The van der Waals surface area contributed by atoms with Gasteiger partial charge in [0.15, 0.2) is 0 Å². The topological polar surface area (TPSA) is 98.5 Å². The number of sulfonamides is 1. The zero-order valence-electron chi connectivity index (χ0n) is 16.0. The third-order valence-corrected chi connectivity index (χ3v) is 6.83. The summed E-state index contributed by atoms with van der Waals surface area (Å²) in [5, 5.41) is 0.672. The molecule has 2 aromatic carbocycles. The van der Waals surface area contributed by atoms with Crippen LogP contribution in [0.4, 0.5) is 0 Å². The van der Waals surface area contributed by atoms with Gasteiger partial charge in [-0.2, -0.15) is 0 Å². The highest BCUT2D eigenvalue weighted by Crippen LogP contribution is 2.23. The fraction of sp³-hybridized carbons (Fsp3) is 0.143. The molecule has 0 atom stereocenters. The predicted octanol–water partition coefficient (Wildman–Crippen LogP) is 4.03. The maximum Gasteiger partial charge on any atom is 0.338 e. The van der Waals surface area contributed by atoms with E-state index in [0.717, 1.165) is 10.2 Å². The van der Waals surface area contributed by atoms with Crippen LogP contribution in [-0.2, 0) is 27.9 Å². The summed E-state index contributed by atoms with van der Waals surface area (Å²) >= 11 is 1.45. The van der Waals surface area contributed by atoms with Crippen molar-refractivity contribution in [2.45, 2.75) is 25.0 Å². The molecule has 30 heavy (non-hydrogen) atoms. The van der Waals surface area contributed by atoms with Gasteiger partial charge >= 0.3 is 5.97 Å². The van der Waals surface area contributed by atoms with Crippen LogP contribution in [0.5, 0.6) is 0 Å². The number of carbonyl (C=O) groups excluding carboxylic acids is 1. The molecule has 0 saturated heterocycles. The van der Waals surface area contributed by atoms with Gasteiger partial charge in [-0.1, -0.05) is 18.2 Å². The fourth-order valence-corrected chi connectivity index (χ4v) is 4.74. The molecule has 2 heterocycles.